The molecule has 0 saturated carbocycles. The third-order valence-corrected chi connectivity index (χ3v) is 4.75. The topological polar surface area (TPSA) is 106 Å². The highest BCUT2D eigenvalue weighted by atomic mass is 35.5. The smallest absolute Gasteiger partial charge is 0.337 e. The second-order valence-corrected chi connectivity index (χ2v) is 6.42. The first-order chi connectivity index (χ1) is 11.9. The number of anilines is 2. The maximum Gasteiger partial charge on any atom is 0.337 e. The van der Waals surface area contributed by atoms with Crippen molar-refractivity contribution >= 4 is 62.8 Å². The third-order valence-electron chi connectivity index (χ3n) is 3.33. The predicted octanol–water partition coefficient (Wildman–Crippen LogP) is 3.57. The first-order valence-corrected chi connectivity index (χ1v) is 8.50. The Hall–Kier alpha value is -2.26. The van der Waals surface area contributed by atoms with Crippen LogP contribution >= 0.6 is 23.2 Å². The number of carbonyl (C=O) groups is 1. The molecule has 128 valence electrons. The summed E-state index contributed by atoms with van der Waals surface area (Å²) in [5, 5.41) is 9.43. The Kier molecular flexibility index (Phi) is 4.87. The van der Waals surface area contributed by atoms with Gasteiger partial charge in [-0.05, 0) is 24.3 Å². The van der Waals surface area contributed by atoms with Crippen LogP contribution in [0, 0.1) is 0 Å². The summed E-state index contributed by atoms with van der Waals surface area (Å²) in [6.07, 6.45) is 2.87. The average molecular weight is 397 g/mol. The van der Waals surface area contributed by atoms with Crippen molar-refractivity contribution in [2.75, 3.05) is 4.31 Å². The van der Waals surface area contributed by atoms with Gasteiger partial charge in [0, 0.05) is 12.4 Å². The quantitative estimate of drug-likeness (QED) is 0.675. The lowest BCUT2D eigenvalue weighted by atomic mass is 10.1. The van der Waals surface area contributed by atoms with Gasteiger partial charge in [-0.15, -0.1) is 0 Å². The SMILES string of the molecule is O=C(O)c1cc(Cl)c(Cl)cc1N(c1cccc2nccnc12)S(=O)[O-]. The van der Waals surface area contributed by atoms with Crippen molar-refractivity contribution in [2.45, 2.75) is 0 Å². The summed E-state index contributed by atoms with van der Waals surface area (Å²) in [6.45, 7) is 0. The fourth-order valence-electron chi connectivity index (χ4n) is 2.31. The van der Waals surface area contributed by atoms with E-state index in [9.17, 15) is 18.7 Å². The van der Waals surface area contributed by atoms with Crippen LogP contribution in [0.3, 0.4) is 0 Å². The average Bonchev–Trinajstić information content (AvgIpc) is 2.57. The summed E-state index contributed by atoms with van der Waals surface area (Å²) >= 11 is 8.98. The summed E-state index contributed by atoms with van der Waals surface area (Å²) in [5.74, 6) is -1.35. The number of fused-ring (bicyclic) bond motifs is 1. The highest BCUT2D eigenvalue weighted by Crippen LogP contribution is 2.37. The molecule has 3 aromatic rings. The molecule has 0 amide bonds. The molecule has 0 spiro atoms. The molecule has 1 N–H and O–H groups in total. The summed E-state index contributed by atoms with van der Waals surface area (Å²) in [7, 11) is 0. The van der Waals surface area contributed by atoms with E-state index in [4.69, 9.17) is 23.2 Å². The maximum atomic E-state index is 11.9. The number of aromatic nitrogens is 2. The molecule has 0 fully saturated rings. The van der Waals surface area contributed by atoms with Crippen molar-refractivity contribution in [1.29, 1.82) is 0 Å². The van der Waals surface area contributed by atoms with Gasteiger partial charge in [0.25, 0.3) is 0 Å². The van der Waals surface area contributed by atoms with Gasteiger partial charge in [0.1, 0.15) is 5.52 Å². The summed E-state index contributed by atoms with van der Waals surface area (Å²) in [5.41, 5.74) is 0.400. The number of para-hydroxylation sites is 1. The Bertz CT molecular complexity index is 1010. The van der Waals surface area contributed by atoms with Gasteiger partial charge in [0.15, 0.2) is 0 Å². The lowest BCUT2D eigenvalue weighted by molar-refractivity contribution is 0.0698. The molecule has 2 aromatic carbocycles. The highest BCUT2D eigenvalue weighted by molar-refractivity contribution is 7.81. The Balaban J connectivity index is 2.33. The van der Waals surface area contributed by atoms with Gasteiger partial charge in [-0.3, -0.25) is 18.5 Å². The third kappa shape index (κ3) is 3.29. The summed E-state index contributed by atoms with van der Waals surface area (Å²) in [6, 6.07) is 7.01. The van der Waals surface area contributed by atoms with Crippen molar-refractivity contribution in [1.82, 2.24) is 9.97 Å². The van der Waals surface area contributed by atoms with Crippen LogP contribution in [-0.2, 0) is 11.3 Å². The van der Waals surface area contributed by atoms with Gasteiger partial charge in [-0.2, -0.15) is 0 Å². The summed E-state index contributed by atoms with van der Waals surface area (Å²) < 4.78 is 24.6. The van der Waals surface area contributed by atoms with E-state index in [1.807, 2.05) is 0 Å². The molecule has 1 unspecified atom stereocenters. The molecule has 3 rings (SSSR count). The minimum Gasteiger partial charge on any atom is -0.755 e. The molecule has 0 bridgehead atoms. The lowest BCUT2D eigenvalue weighted by Crippen LogP contribution is -2.22. The second kappa shape index (κ2) is 6.93. The number of rotatable bonds is 4. The fourth-order valence-corrected chi connectivity index (χ4v) is 3.25. The first-order valence-electron chi connectivity index (χ1n) is 6.71. The maximum absolute atomic E-state index is 11.9. The normalized spacial score (nSPS) is 12.1. The van der Waals surface area contributed by atoms with Crippen LogP contribution in [0.4, 0.5) is 11.4 Å². The van der Waals surface area contributed by atoms with Crippen LogP contribution in [0.5, 0.6) is 0 Å². The van der Waals surface area contributed by atoms with Gasteiger partial charge >= 0.3 is 5.97 Å². The standard InChI is InChI=1S/C15H9Cl2N3O4S/c16-9-6-8(15(21)22)13(7-10(9)17)20(25(23)24)12-3-1-2-11-14(12)19-5-4-18-11/h1-7H,(H,21,22)(H,23,24)/p-1. The van der Waals surface area contributed by atoms with E-state index in [0.29, 0.717) is 5.52 Å². The highest BCUT2D eigenvalue weighted by Gasteiger charge is 2.22. The number of carboxylic acids is 1. The van der Waals surface area contributed by atoms with Crippen molar-refractivity contribution in [3.05, 3.63) is 58.3 Å². The molecule has 0 radical (unpaired) electrons. The fraction of sp³-hybridized carbons (Fsp3) is 0. The van der Waals surface area contributed by atoms with Crippen molar-refractivity contribution in [3.8, 4) is 0 Å². The number of nitrogens with zero attached hydrogens (tertiary/aromatic N) is 3. The van der Waals surface area contributed by atoms with Gasteiger partial charge in [0.2, 0.25) is 0 Å². The van der Waals surface area contributed by atoms with Gasteiger partial charge in [0.05, 0.1) is 43.8 Å². The number of benzene rings is 2. The van der Waals surface area contributed by atoms with E-state index in [1.54, 1.807) is 12.1 Å². The van der Waals surface area contributed by atoms with Gasteiger partial charge < -0.3 is 9.66 Å². The predicted molar refractivity (Wildman–Crippen MR) is 94.0 cm³/mol. The molecule has 1 atom stereocenters. The molecule has 0 aliphatic heterocycles. The molecule has 10 heteroatoms. The molecule has 0 aliphatic carbocycles. The minimum absolute atomic E-state index is 0.00263. The van der Waals surface area contributed by atoms with E-state index in [0.717, 1.165) is 10.4 Å². The van der Waals surface area contributed by atoms with Crippen LogP contribution in [0.25, 0.3) is 11.0 Å². The zero-order chi connectivity index (χ0) is 18.1. The van der Waals surface area contributed by atoms with Gasteiger partial charge in [-0.1, -0.05) is 29.3 Å². The monoisotopic (exact) mass is 396 g/mol. The van der Waals surface area contributed by atoms with E-state index >= 15 is 0 Å². The zero-order valence-electron chi connectivity index (χ0n) is 12.2. The molecule has 1 aromatic heterocycles. The lowest BCUT2D eigenvalue weighted by Gasteiger charge is -2.28. The minimum atomic E-state index is -2.85. The van der Waals surface area contributed by atoms with E-state index in [-0.39, 0.29) is 32.5 Å². The van der Waals surface area contributed by atoms with Crippen molar-refractivity contribution in [3.63, 3.8) is 0 Å². The Labute approximate surface area is 154 Å². The largest absolute Gasteiger partial charge is 0.755 e. The molecule has 25 heavy (non-hydrogen) atoms. The van der Waals surface area contributed by atoms with Gasteiger partial charge in [-0.25, -0.2) is 4.79 Å². The van der Waals surface area contributed by atoms with E-state index < -0.39 is 17.2 Å². The van der Waals surface area contributed by atoms with Crippen LogP contribution < -0.4 is 4.31 Å². The molecular formula is C15H8Cl2N3O4S-. The van der Waals surface area contributed by atoms with Crippen LogP contribution in [0.2, 0.25) is 10.0 Å². The van der Waals surface area contributed by atoms with Crippen molar-refractivity contribution in [2.24, 2.45) is 0 Å². The van der Waals surface area contributed by atoms with E-state index in [2.05, 4.69) is 9.97 Å². The van der Waals surface area contributed by atoms with E-state index in [1.165, 1.54) is 24.5 Å². The molecule has 0 aliphatic rings. The van der Waals surface area contributed by atoms with Crippen LogP contribution in [-0.4, -0.2) is 29.8 Å². The first kappa shape index (κ1) is 17.6. The Morgan fingerprint density at radius 1 is 1.12 bits per heavy atom. The number of aromatic carboxylic acids is 1. The number of halogens is 2. The Morgan fingerprint density at radius 3 is 2.48 bits per heavy atom. The second-order valence-electron chi connectivity index (χ2n) is 4.80. The Morgan fingerprint density at radius 2 is 1.80 bits per heavy atom. The molecule has 1 heterocycles. The van der Waals surface area contributed by atoms with Crippen LogP contribution in [0.1, 0.15) is 10.4 Å². The molecule has 0 saturated heterocycles. The van der Waals surface area contributed by atoms with Crippen molar-refractivity contribution < 1.29 is 18.7 Å². The number of carboxylic acid groups (broad SMARTS) is 1. The molecule has 7 nitrogen and oxygen atoms in total. The number of hydrogen-bond donors (Lipinski definition) is 1. The van der Waals surface area contributed by atoms with Crippen LogP contribution in [0.15, 0.2) is 42.7 Å². The zero-order valence-corrected chi connectivity index (χ0v) is 14.5. The summed E-state index contributed by atoms with van der Waals surface area (Å²) in [4.78, 5) is 19.8. The molecular weight excluding hydrogens is 389 g/mol. The number of hydrogen-bond acceptors (Lipinski definition) is 5.